The summed E-state index contributed by atoms with van der Waals surface area (Å²) in [4.78, 5) is 38.1. The highest BCUT2D eigenvalue weighted by molar-refractivity contribution is 5.71. The van der Waals surface area contributed by atoms with Crippen LogP contribution in [0.25, 0.3) is 0 Å². The summed E-state index contributed by atoms with van der Waals surface area (Å²) in [6.45, 7) is 6.23. The number of hydrogen-bond acceptors (Lipinski definition) is 6. The van der Waals surface area contributed by atoms with Crippen molar-refractivity contribution in [1.29, 1.82) is 0 Å². The van der Waals surface area contributed by atoms with Crippen LogP contribution in [0.4, 0.5) is 0 Å². The molecule has 0 spiro atoms. The molecule has 6 nitrogen and oxygen atoms in total. The lowest BCUT2D eigenvalue weighted by atomic mass is 10.1. The van der Waals surface area contributed by atoms with Crippen LogP contribution in [-0.2, 0) is 28.6 Å². The van der Waals surface area contributed by atoms with E-state index in [1.54, 1.807) is 0 Å². The fraction of sp³-hybridized carbons (Fsp3) is 0.532. The highest BCUT2D eigenvalue weighted by atomic mass is 16.6. The number of allylic oxidation sites excluding steroid dienone is 26. The van der Waals surface area contributed by atoms with E-state index in [9.17, 15) is 14.4 Å². The van der Waals surface area contributed by atoms with E-state index in [1.807, 2.05) is 60.8 Å². The van der Waals surface area contributed by atoms with E-state index in [4.69, 9.17) is 14.2 Å². The Balaban J connectivity index is 4.59. The molecule has 0 saturated carbocycles. The van der Waals surface area contributed by atoms with Crippen LogP contribution in [0.3, 0.4) is 0 Å². The van der Waals surface area contributed by atoms with Crippen LogP contribution in [0.15, 0.2) is 158 Å². The maximum Gasteiger partial charge on any atom is 0.306 e. The van der Waals surface area contributed by atoms with Crippen molar-refractivity contribution in [3.05, 3.63) is 158 Å². The van der Waals surface area contributed by atoms with Gasteiger partial charge in [-0.25, -0.2) is 0 Å². The van der Waals surface area contributed by atoms with E-state index in [1.165, 1.54) is 38.5 Å². The molecule has 0 radical (unpaired) electrons. The quantitative estimate of drug-likeness (QED) is 0.0262. The second-order valence-electron chi connectivity index (χ2n) is 17.0. The van der Waals surface area contributed by atoms with Crippen LogP contribution in [0.1, 0.15) is 194 Å². The maximum atomic E-state index is 12.8. The lowest BCUT2D eigenvalue weighted by Gasteiger charge is -2.18. The lowest BCUT2D eigenvalue weighted by Crippen LogP contribution is -2.30. The molecule has 0 N–H and O–H groups in total. The molecule has 1 unspecified atom stereocenters. The third kappa shape index (κ3) is 52.0. The summed E-state index contributed by atoms with van der Waals surface area (Å²) in [6, 6.07) is 0. The van der Waals surface area contributed by atoms with E-state index in [0.717, 1.165) is 109 Å². The smallest absolute Gasteiger partial charge is 0.306 e. The average molecular weight is 935 g/mol. The van der Waals surface area contributed by atoms with Gasteiger partial charge < -0.3 is 14.2 Å². The Bertz CT molecular complexity index is 1590. The Labute approximate surface area is 416 Å². The van der Waals surface area contributed by atoms with Gasteiger partial charge in [-0.2, -0.15) is 0 Å². The fourth-order valence-electron chi connectivity index (χ4n) is 6.60. The first-order chi connectivity index (χ1) is 33.5. The Morgan fingerprint density at radius 2 is 0.574 bits per heavy atom. The van der Waals surface area contributed by atoms with Crippen molar-refractivity contribution in [2.45, 2.75) is 200 Å². The van der Waals surface area contributed by atoms with E-state index < -0.39 is 6.10 Å². The molecular formula is C62H94O6. The van der Waals surface area contributed by atoms with Gasteiger partial charge in [0.2, 0.25) is 0 Å². The second kappa shape index (κ2) is 54.6. The molecular weight excluding hydrogens is 841 g/mol. The predicted molar refractivity (Wildman–Crippen MR) is 292 cm³/mol. The second-order valence-corrected chi connectivity index (χ2v) is 17.0. The minimum absolute atomic E-state index is 0.119. The molecule has 0 aromatic heterocycles. The molecule has 68 heavy (non-hydrogen) atoms. The number of unbranched alkanes of at least 4 members (excludes halogenated alkanes) is 18. The molecule has 1 atom stereocenters. The van der Waals surface area contributed by atoms with Crippen LogP contribution in [0.2, 0.25) is 0 Å². The highest BCUT2D eigenvalue weighted by Crippen LogP contribution is 2.13. The molecule has 0 aromatic rings. The van der Waals surface area contributed by atoms with Gasteiger partial charge >= 0.3 is 17.9 Å². The molecule has 0 heterocycles. The van der Waals surface area contributed by atoms with E-state index >= 15 is 0 Å². The first-order valence-electron chi connectivity index (χ1n) is 26.7. The van der Waals surface area contributed by atoms with Crippen molar-refractivity contribution in [1.82, 2.24) is 0 Å². The Kier molecular flexibility index (Phi) is 50.6. The lowest BCUT2D eigenvalue weighted by molar-refractivity contribution is -0.167. The number of carbonyl (C=O) groups is 3. The maximum absolute atomic E-state index is 12.8. The van der Waals surface area contributed by atoms with Gasteiger partial charge in [-0.15, -0.1) is 0 Å². The van der Waals surface area contributed by atoms with E-state index in [0.29, 0.717) is 19.3 Å². The minimum atomic E-state index is -0.825. The summed E-state index contributed by atoms with van der Waals surface area (Å²) in [5, 5.41) is 0. The third-order valence-corrected chi connectivity index (χ3v) is 10.6. The van der Waals surface area contributed by atoms with Gasteiger partial charge in [-0.3, -0.25) is 14.4 Å². The van der Waals surface area contributed by atoms with Gasteiger partial charge in [0.1, 0.15) is 13.2 Å². The molecule has 0 saturated heterocycles. The average Bonchev–Trinajstić information content (AvgIpc) is 3.34. The van der Waals surface area contributed by atoms with Crippen molar-refractivity contribution in [2.75, 3.05) is 13.2 Å². The van der Waals surface area contributed by atoms with Crippen LogP contribution < -0.4 is 0 Å². The zero-order chi connectivity index (χ0) is 49.3. The monoisotopic (exact) mass is 935 g/mol. The molecule has 0 aromatic carbocycles. The summed E-state index contributed by atoms with van der Waals surface area (Å²) in [5.41, 5.74) is 0. The number of esters is 3. The Morgan fingerprint density at radius 3 is 0.912 bits per heavy atom. The summed E-state index contributed by atoms with van der Waals surface area (Å²) >= 11 is 0. The van der Waals surface area contributed by atoms with Gasteiger partial charge in [0, 0.05) is 19.3 Å². The molecule has 378 valence electrons. The molecule has 0 aliphatic heterocycles. The molecule has 0 amide bonds. The Morgan fingerprint density at radius 1 is 0.309 bits per heavy atom. The van der Waals surface area contributed by atoms with Gasteiger partial charge in [0.25, 0.3) is 0 Å². The number of carbonyl (C=O) groups excluding carboxylic acids is 3. The Hall–Kier alpha value is -4.97. The number of rotatable bonds is 45. The molecule has 0 fully saturated rings. The zero-order valence-corrected chi connectivity index (χ0v) is 43.0. The fourth-order valence-corrected chi connectivity index (χ4v) is 6.60. The van der Waals surface area contributed by atoms with Crippen LogP contribution >= 0.6 is 0 Å². The third-order valence-electron chi connectivity index (χ3n) is 10.6. The summed E-state index contributed by atoms with van der Waals surface area (Å²) in [5.74, 6) is -1.01. The SMILES string of the molecule is CC\C=C/C=C\C=C/C=C\C=C\C=C/CCCCCC(=O)OC(COC(=O)CCCCCCC\C=C/C=C\C=C/C=C\CCCCC)COC(=O)CCCCCCCCC\C=C/C=C\C=C/CC. The standard InChI is InChI=1S/C62H94O6/c1-4-7-10-13-16-19-22-25-28-30-32-34-37-40-43-46-49-52-55-61(64)67-58-59(57-66-60(63)54-51-48-45-42-39-36-33-27-24-21-18-15-12-9-6-3)68-62(65)56-53-50-47-44-41-38-35-31-29-26-23-20-17-14-11-8-5-2/h8-9,11-12,14-26,28-32,34-35,38,41,59H,4-7,10,13,27,33,36-37,39-40,42-58H2,1-3H3/b11-8-,12-9-,17-14-,18-15-,19-16-,23-20-,24-21-,25-22-,29-26-,30-28-,34-32-,35-31+,41-38-. The largest absolute Gasteiger partial charge is 0.462 e. The van der Waals surface area contributed by atoms with E-state index in [2.05, 4.69) is 118 Å². The molecule has 6 heteroatoms. The van der Waals surface area contributed by atoms with Crippen molar-refractivity contribution in [2.24, 2.45) is 0 Å². The van der Waals surface area contributed by atoms with Crippen LogP contribution in [0.5, 0.6) is 0 Å². The first-order valence-corrected chi connectivity index (χ1v) is 26.7. The summed E-state index contributed by atoms with van der Waals surface area (Å²) < 4.78 is 16.8. The predicted octanol–water partition coefficient (Wildman–Crippen LogP) is 17.8. The topological polar surface area (TPSA) is 78.9 Å². The van der Waals surface area contributed by atoms with Crippen molar-refractivity contribution < 1.29 is 28.6 Å². The first kappa shape index (κ1) is 63.0. The minimum Gasteiger partial charge on any atom is -0.462 e. The molecule has 0 bridgehead atoms. The van der Waals surface area contributed by atoms with Gasteiger partial charge in [-0.1, -0.05) is 249 Å². The van der Waals surface area contributed by atoms with Gasteiger partial charge in [0.05, 0.1) is 0 Å². The zero-order valence-electron chi connectivity index (χ0n) is 43.0. The summed E-state index contributed by atoms with van der Waals surface area (Å²) in [7, 11) is 0. The molecule has 0 aliphatic carbocycles. The van der Waals surface area contributed by atoms with Gasteiger partial charge in [0.15, 0.2) is 6.10 Å². The highest BCUT2D eigenvalue weighted by Gasteiger charge is 2.19. The van der Waals surface area contributed by atoms with Crippen LogP contribution in [-0.4, -0.2) is 37.2 Å². The number of hydrogen-bond donors (Lipinski definition) is 0. The molecule has 0 rings (SSSR count). The number of ether oxygens (including phenoxy) is 3. The normalized spacial score (nSPS) is 13.4. The van der Waals surface area contributed by atoms with Crippen molar-refractivity contribution in [3.8, 4) is 0 Å². The van der Waals surface area contributed by atoms with Gasteiger partial charge in [-0.05, 0) is 83.5 Å². The van der Waals surface area contributed by atoms with Crippen LogP contribution in [0, 0.1) is 0 Å². The summed E-state index contributed by atoms with van der Waals surface area (Å²) in [6.07, 6.45) is 79.3. The van der Waals surface area contributed by atoms with Crippen molar-refractivity contribution >= 4 is 17.9 Å². The molecule has 0 aliphatic rings. The van der Waals surface area contributed by atoms with E-state index in [-0.39, 0.29) is 37.5 Å². The van der Waals surface area contributed by atoms with Crippen molar-refractivity contribution in [3.63, 3.8) is 0 Å².